The Morgan fingerprint density at radius 2 is 2.21 bits per heavy atom. The van der Waals surface area contributed by atoms with Crippen molar-refractivity contribution in [2.45, 2.75) is 31.8 Å². The first-order chi connectivity index (χ1) is 6.76. The molecule has 4 heteroatoms. The average Bonchev–Trinajstić information content (AvgIpc) is 2.74. The Morgan fingerprint density at radius 1 is 1.50 bits per heavy atom. The first-order valence-electron chi connectivity index (χ1n) is 4.99. The molecular weight excluding hydrogens is 212 g/mol. The second kappa shape index (κ2) is 5.71. The Kier molecular flexibility index (Phi) is 4.89. The first-order valence-corrected chi connectivity index (χ1v) is 6.61. The smallest absolute Gasteiger partial charge is 0.165 e. The fraction of sp³-hybridized carbons (Fsp3) is 0.700. The predicted octanol–water partition coefficient (Wildman–Crippen LogP) is 3.24. The Bertz CT molecular complexity index is 234. The van der Waals surface area contributed by atoms with Gasteiger partial charge in [-0.25, -0.2) is 4.98 Å². The van der Waals surface area contributed by atoms with Gasteiger partial charge >= 0.3 is 0 Å². The molecule has 1 aromatic rings. The molecule has 0 amide bonds. The lowest BCUT2D eigenvalue weighted by Gasteiger charge is -2.28. The van der Waals surface area contributed by atoms with Crippen LogP contribution in [-0.2, 0) is 0 Å². The quantitative estimate of drug-likeness (QED) is 0.580. The standard InChI is InChI=1S/C10H18N2S2/c1-3-10(4-2,7-13)8-14-9-11-5-6-12-9/h5-6,13H,3-4,7-8H2,1-2H3,(H,11,12). The minimum Gasteiger partial charge on any atom is -0.340 e. The van der Waals surface area contributed by atoms with Crippen molar-refractivity contribution in [1.29, 1.82) is 0 Å². The lowest BCUT2D eigenvalue weighted by Crippen LogP contribution is -2.24. The summed E-state index contributed by atoms with van der Waals surface area (Å²) in [6.45, 7) is 4.48. The van der Waals surface area contributed by atoms with Gasteiger partial charge in [-0.05, 0) is 24.0 Å². The zero-order chi connectivity index (χ0) is 10.4. The molecule has 0 aromatic carbocycles. The molecule has 0 aliphatic rings. The van der Waals surface area contributed by atoms with E-state index in [1.54, 1.807) is 18.0 Å². The summed E-state index contributed by atoms with van der Waals surface area (Å²) in [5.74, 6) is 2.05. The van der Waals surface area contributed by atoms with Gasteiger partial charge in [-0.15, -0.1) is 0 Å². The molecule has 0 saturated heterocycles. The van der Waals surface area contributed by atoms with Gasteiger partial charge in [0.05, 0.1) is 0 Å². The third-order valence-corrected chi connectivity index (χ3v) is 4.75. The molecule has 1 aromatic heterocycles. The average molecular weight is 230 g/mol. The summed E-state index contributed by atoms with van der Waals surface area (Å²) in [7, 11) is 0. The maximum absolute atomic E-state index is 4.45. The lowest BCUT2D eigenvalue weighted by molar-refractivity contribution is 0.357. The fourth-order valence-corrected chi connectivity index (χ4v) is 3.22. The SMILES string of the molecule is CCC(CC)(CS)CSc1ncc[nH]1. The highest BCUT2D eigenvalue weighted by Crippen LogP contribution is 2.33. The molecule has 80 valence electrons. The number of nitrogens with one attached hydrogen (secondary N) is 1. The van der Waals surface area contributed by atoms with Crippen molar-refractivity contribution in [2.75, 3.05) is 11.5 Å². The van der Waals surface area contributed by atoms with E-state index < -0.39 is 0 Å². The van der Waals surface area contributed by atoms with Crippen LogP contribution in [0, 0.1) is 5.41 Å². The van der Waals surface area contributed by atoms with Gasteiger partial charge < -0.3 is 4.98 Å². The van der Waals surface area contributed by atoms with E-state index in [-0.39, 0.29) is 0 Å². The minimum atomic E-state index is 0.362. The summed E-state index contributed by atoms with van der Waals surface area (Å²) in [5, 5.41) is 1.01. The third kappa shape index (κ3) is 2.95. The molecule has 1 rings (SSSR count). The summed E-state index contributed by atoms with van der Waals surface area (Å²) in [4.78, 5) is 7.31. The maximum atomic E-state index is 4.45. The number of aromatic nitrogens is 2. The molecule has 1 N–H and O–H groups in total. The van der Waals surface area contributed by atoms with E-state index in [4.69, 9.17) is 0 Å². The normalized spacial score (nSPS) is 11.9. The highest BCUT2D eigenvalue weighted by Gasteiger charge is 2.24. The Morgan fingerprint density at radius 3 is 2.64 bits per heavy atom. The Labute approximate surface area is 95.7 Å². The van der Waals surface area contributed by atoms with Gasteiger partial charge in [-0.2, -0.15) is 12.6 Å². The number of thiol groups is 1. The van der Waals surface area contributed by atoms with Gasteiger partial charge in [0.15, 0.2) is 5.16 Å². The number of nitrogens with zero attached hydrogens (tertiary/aromatic N) is 1. The van der Waals surface area contributed by atoms with Gasteiger partial charge in [0, 0.05) is 18.1 Å². The van der Waals surface area contributed by atoms with E-state index in [1.807, 2.05) is 6.20 Å². The van der Waals surface area contributed by atoms with Crippen molar-refractivity contribution in [3.8, 4) is 0 Å². The van der Waals surface area contributed by atoms with E-state index in [0.29, 0.717) is 5.41 Å². The van der Waals surface area contributed by atoms with Crippen LogP contribution in [0.4, 0.5) is 0 Å². The summed E-state index contributed by atoms with van der Waals surface area (Å²) in [5.41, 5.74) is 0.362. The zero-order valence-corrected chi connectivity index (χ0v) is 10.5. The lowest BCUT2D eigenvalue weighted by atomic mass is 9.87. The third-order valence-electron chi connectivity index (χ3n) is 2.82. The van der Waals surface area contributed by atoms with Crippen LogP contribution < -0.4 is 0 Å². The van der Waals surface area contributed by atoms with Crippen LogP contribution in [0.3, 0.4) is 0 Å². The number of imidazole rings is 1. The molecule has 14 heavy (non-hydrogen) atoms. The predicted molar refractivity (Wildman–Crippen MR) is 66.2 cm³/mol. The second-order valence-electron chi connectivity index (χ2n) is 3.55. The van der Waals surface area contributed by atoms with Crippen molar-refractivity contribution >= 4 is 24.4 Å². The highest BCUT2D eigenvalue weighted by molar-refractivity contribution is 7.99. The molecule has 0 radical (unpaired) electrons. The fourth-order valence-electron chi connectivity index (χ4n) is 1.27. The first kappa shape index (κ1) is 12.0. The van der Waals surface area contributed by atoms with Gasteiger partial charge in [-0.1, -0.05) is 25.6 Å². The van der Waals surface area contributed by atoms with E-state index in [1.165, 1.54) is 12.8 Å². The topological polar surface area (TPSA) is 28.7 Å². The second-order valence-corrected chi connectivity index (χ2v) is 4.83. The molecule has 0 fully saturated rings. The summed E-state index contributed by atoms with van der Waals surface area (Å²) in [6, 6.07) is 0. The van der Waals surface area contributed by atoms with E-state index in [2.05, 4.69) is 36.4 Å². The molecule has 0 saturated carbocycles. The maximum Gasteiger partial charge on any atom is 0.165 e. The molecule has 0 spiro atoms. The van der Waals surface area contributed by atoms with Crippen LogP contribution in [0.5, 0.6) is 0 Å². The van der Waals surface area contributed by atoms with Crippen LogP contribution in [0.15, 0.2) is 17.6 Å². The number of hydrogen-bond donors (Lipinski definition) is 2. The molecule has 0 aliphatic carbocycles. The van der Waals surface area contributed by atoms with Crippen LogP contribution in [0.2, 0.25) is 0 Å². The number of thioether (sulfide) groups is 1. The van der Waals surface area contributed by atoms with Crippen molar-refractivity contribution in [1.82, 2.24) is 9.97 Å². The molecule has 2 nitrogen and oxygen atoms in total. The molecular formula is C10H18N2S2. The van der Waals surface area contributed by atoms with E-state index in [9.17, 15) is 0 Å². The summed E-state index contributed by atoms with van der Waals surface area (Å²) >= 11 is 6.24. The molecule has 0 aliphatic heterocycles. The van der Waals surface area contributed by atoms with Gasteiger partial charge in [-0.3, -0.25) is 0 Å². The molecule has 0 unspecified atom stereocenters. The number of hydrogen-bond acceptors (Lipinski definition) is 3. The van der Waals surface area contributed by atoms with Crippen molar-refractivity contribution in [2.24, 2.45) is 5.41 Å². The number of rotatable bonds is 6. The van der Waals surface area contributed by atoms with Gasteiger partial charge in [0.2, 0.25) is 0 Å². The largest absolute Gasteiger partial charge is 0.340 e. The van der Waals surface area contributed by atoms with Gasteiger partial charge in [0.1, 0.15) is 0 Å². The molecule has 0 bridgehead atoms. The molecule has 1 heterocycles. The number of H-pyrrole nitrogens is 1. The Hall–Kier alpha value is -0.0900. The van der Waals surface area contributed by atoms with Crippen molar-refractivity contribution < 1.29 is 0 Å². The minimum absolute atomic E-state index is 0.362. The Balaban J connectivity index is 2.48. The van der Waals surface area contributed by atoms with Crippen LogP contribution in [0.25, 0.3) is 0 Å². The van der Waals surface area contributed by atoms with Gasteiger partial charge in [0.25, 0.3) is 0 Å². The highest BCUT2D eigenvalue weighted by atomic mass is 32.2. The van der Waals surface area contributed by atoms with E-state index in [0.717, 1.165) is 16.7 Å². The van der Waals surface area contributed by atoms with Crippen molar-refractivity contribution in [3.63, 3.8) is 0 Å². The summed E-state index contributed by atoms with van der Waals surface area (Å²) in [6.07, 6.45) is 6.02. The molecule has 0 atom stereocenters. The van der Waals surface area contributed by atoms with Crippen molar-refractivity contribution in [3.05, 3.63) is 12.4 Å². The van der Waals surface area contributed by atoms with E-state index >= 15 is 0 Å². The number of aromatic amines is 1. The van der Waals surface area contributed by atoms with Crippen LogP contribution >= 0.6 is 24.4 Å². The summed E-state index contributed by atoms with van der Waals surface area (Å²) < 4.78 is 0. The monoisotopic (exact) mass is 230 g/mol. The van der Waals surface area contributed by atoms with Crippen LogP contribution in [-0.4, -0.2) is 21.5 Å². The zero-order valence-electron chi connectivity index (χ0n) is 8.79. The van der Waals surface area contributed by atoms with Crippen LogP contribution in [0.1, 0.15) is 26.7 Å².